The number of pyridine rings is 2. The Morgan fingerprint density at radius 1 is 1.09 bits per heavy atom. The van der Waals surface area contributed by atoms with Crippen LogP contribution in [0.1, 0.15) is 41.3 Å². The second-order valence-corrected chi connectivity index (χ2v) is 8.92. The van der Waals surface area contributed by atoms with Crippen molar-refractivity contribution < 1.29 is 0 Å². The van der Waals surface area contributed by atoms with Gasteiger partial charge in [-0.2, -0.15) is 0 Å². The number of fused-ring (bicyclic) bond motifs is 1. The fraction of sp³-hybridized carbons (Fsp3) is 0.207. The lowest BCUT2D eigenvalue weighted by atomic mass is 9.90. The number of aromatic nitrogens is 2. The molecule has 5 rings (SSSR count). The van der Waals surface area contributed by atoms with Gasteiger partial charge in [-0.05, 0) is 72.5 Å². The standard InChI is InChI=1S/C29H29N5/c1-19-4-2-6-28(34-19)29(31)26(15-30)22-11-12-25-24(14-22)17-33-18-27(25)21-9-7-20(8-10-21)23-5-3-13-32-16-23/h2,4,6-12,14-15,17-18,23,30,32H,3,5,13,16,31H2,1H3/b29-26+,30-15?. The number of aryl methyl sites for hydroxylation is 1. The summed E-state index contributed by atoms with van der Waals surface area (Å²) in [7, 11) is 0. The highest BCUT2D eigenvalue weighted by molar-refractivity contribution is 6.18. The van der Waals surface area contributed by atoms with E-state index in [0.717, 1.165) is 46.2 Å². The van der Waals surface area contributed by atoms with Crippen molar-refractivity contribution in [3.05, 3.63) is 95.6 Å². The minimum absolute atomic E-state index is 0.495. The van der Waals surface area contributed by atoms with Crippen LogP contribution in [0.3, 0.4) is 0 Å². The van der Waals surface area contributed by atoms with E-state index >= 15 is 0 Å². The Morgan fingerprint density at radius 3 is 2.68 bits per heavy atom. The molecular weight excluding hydrogens is 418 g/mol. The average Bonchev–Trinajstić information content (AvgIpc) is 2.89. The van der Waals surface area contributed by atoms with Crippen molar-refractivity contribution >= 4 is 28.3 Å². The smallest absolute Gasteiger partial charge is 0.0869 e. The highest BCUT2D eigenvalue weighted by atomic mass is 14.9. The highest BCUT2D eigenvalue weighted by Gasteiger charge is 2.15. The summed E-state index contributed by atoms with van der Waals surface area (Å²) in [4.78, 5) is 9.04. The zero-order valence-corrected chi connectivity index (χ0v) is 19.4. The second-order valence-electron chi connectivity index (χ2n) is 8.92. The van der Waals surface area contributed by atoms with Crippen molar-refractivity contribution in [3.63, 3.8) is 0 Å². The maximum atomic E-state index is 8.01. The molecule has 1 aliphatic heterocycles. The van der Waals surface area contributed by atoms with E-state index in [2.05, 4.69) is 51.7 Å². The molecule has 0 saturated carbocycles. The summed E-state index contributed by atoms with van der Waals surface area (Å²) in [6.45, 7) is 4.12. The summed E-state index contributed by atoms with van der Waals surface area (Å²) >= 11 is 0. The molecule has 4 aromatic rings. The van der Waals surface area contributed by atoms with Gasteiger partial charge in [-0.15, -0.1) is 0 Å². The number of nitrogens with one attached hydrogen (secondary N) is 2. The molecular formula is C29H29N5. The first kappa shape index (κ1) is 22.0. The molecule has 5 heteroatoms. The van der Waals surface area contributed by atoms with Crippen molar-refractivity contribution in [1.29, 1.82) is 5.41 Å². The SMILES string of the molecule is Cc1cccc(/C(N)=C(/C=N)c2ccc3c(-c4ccc(C5CCCNC5)cc4)cncc3c2)n1. The number of hydrogen-bond donors (Lipinski definition) is 3. The van der Waals surface area contributed by atoms with Gasteiger partial charge in [0.15, 0.2) is 0 Å². The van der Waals surface area contributed by atoms with Crippen molar-refractivity contribution in [1.82, 2.24) is 15.3 Å². The summed E-state index contributed by atoms with van der Waals surface area (Å²) in [5, 5.41) is 13.7. The maximum absolute atomic E-state index is 8.01. The summed E-state index contributed by atoms with van der Waals surface area (Å²) < 4.78 is 0. The van der Waals surface area contributed by atoms with Gasteiger partial charge < -0.3 is 16.5 Å². The van der Waals surface area contributed by atoms with Crippen LogP contribution in [0.4, 0.5) is 0 Å². The van der Waals surface area contributed by atoms with E-state index in [1.54, 1.807) is 0 Å². The summed E-state index contributed by atoms with van der Waals surface area (Å²) in [6.07, 6.45) is 7.58. The van der Waals surface area contributed by atoms with Crippen molar-refractivity contribution in [3.8, 4) is 11.1 Å². The van der Waals surface area contributed by atoms with E-state index in [1.165, 1.54) is 24.6 Å². The number of piperidine rings is 1. The second kappa shape index (κ2) is 9.57. The third-order valence-corrected chi connectivity index (χ3v) is 6.66. The summed E-state index contributed by atoms with van der Waals surface area (Å²) in [5.41, 5.74) is 13.7. The number of nitrogens with two attached hydrogens (primary N) is 1. The molecule has 1 fully saturated rings. The van der Waals surface area contributed by atoms with E-state index < -0.39 is 0 Å². The Bertz CT molecular complexity index is 1370. The Kier molecular flexibility index (Phi) is 6.19. The Labute approximate surface area is 200 Å². The van der Waals surface area contributed by atoms with Gasteiger partial charge >= 0.3 is 0 Å². The van der Waals surface area contributed by atoms with Crippen LogP contribution in [-0.4, -0.2) is 29.3 Å². The van der Waals surface area contributed by atoms with Crippen LogP contribution in [0, 0.1) is 12.3 Å². The van der Waals surface area contributed by atoms with Gasteiger partial charge in [0.1, 0.15) is 0 Å². The first-order chi connectivity index (χ1) is 16.6. The molecule has 0 aliphatic carbocycles. The first-order valence-corrected chi connectivity index (χ1v) is 11.8. The quantitative estimate of drug-likeness (QED) is 0.350. The van der Waals surface area contributed by atoms with Gasteiger partial charge in [0.2, 0.25) is 0 Å². The molecule has 1 saturated heterocycles. The third kappa shape index (κ3) is 4.35. The lowest BCUT2D eigenvalue weighted by Crippen LogP contribution is -2.28. The van der Waals surface area contributed by atoms with Crippen LogP contribution in [0.2, 0.25) is 0 Å². The molecule has 0 radical (unpaired) electrons. The fourth-order valence-electron chi connectivity index (χ4n) is 4.79. The lowest BCUT2D eigenvalue weighted by molar-refractivity contribution is 0.461. The van der Waals surface area contributed by atoms with Gasteiger partial charge in [0.05, 0.1) is 11.4 Å². The summed E-state index contributed by atoms with van der Waals surface area (Å²) in [6, 6.07) is 20.8. The van der Waals surface area contributed by atoms with Gasteiger partial charge in [0.25, 0.3) is 0 Å². The van der Waals surface area contributed by atoms with Gasteiger partial charge in [-0.3, -0.25) is 9.97 Å². The molecule has 0 spiro atoms. The van der Waals surface area contributed by atoms with Crippen LogP contribution in [0.25, 0.3) is 33.2 Å². The predicted octanol–water partition coefficient (Wildman–Crippen LogP) is 5.55. The lowest BCUT2D eigenvalue weighted by Gasteiger charge is -2.23. The number of allylic oxidation sites excluding steroid dienone is 1. The molecule has 34 heavy (non-hydrogen) atoms. The van der Waals surface area contributed by atoms with Gasteiger partial charge in [-0.25, -0.2) is 0 Å². The fourth-order valence-corrected chi connectivity index (χ4v) is 4.79. The maximum Gasteiger partial charge on any atom is 0.0869 e. The monoisotopic (exact) mass is 447 g/mol. The molecule has 4 N–H and O–H groups in total. The topological polar surface area (TPSA) is 87.7 Å². The van der Waals surface area contributed by atoms with Crippen LogP contribution < -0.4 is 11.1 Å². The first-order valence-electron chi connectivity index (χ1n) is 11.8. The molecule has 0 amide bonds. The highest BCUT2D eigenvalue weighted by Crippen LogP contribution is 2.32. The van der Waals surface area contributed by atoms with Gasteiger partial charge in [0, 0.05) is 47.4 Å². The molecule has 1 aliphatic rings. The number of rotatable bonds is 5. The van der Waals surface area contributed by atoms with Crippen molar-refractivity contribution in [2.75, 3.05) is 13.1 Å². The molecule has 2 aromatic carbocycles. The molecule has 3 heterocycles. The Balaban J connectivity index is 1.51. The molecule has 5 nitrogen and oxygen atoms in total. The zero-order chi connectivity index (χ0) is 23.5. The normalized spacial score (nSPS) is 16.8. The summed E-state index contributed by atoms with van der Waals surface area (Å²) in [5.74, 6) is 0.593. The van der Waals surface area contributed by atoms with E-state index in [-0.39, 0.29) is 0 Å². The minimum atomic E-state index is 0.495. The van der Waals surface area contributed by atoms with Crippen LogP contribution in [0.5, 0.6) is 0 Å². The van der Waals surface area contributed by atoms with Crippen molar-refractivity contribution in [2.45, 2.75) is 25.7 Å². The predicted molar refractivity (Wildman–Crippen MR) is 141 cm³/mol. The number of benzene rings is 2. The van der Waals surface area contributed by atoms with E-state index in [9.17, 15) is 0 Å². The molecule has 0 bridgehead atoms. The Hall–Kier alpha value is -3.83. The van der Waals surface area contributed by atoms with Crippen LogP contribution in [0.15, 0.2) is 73.1 Å². The van der Waals surface area contributed by atoms with E-state index in [1.807, 2.05) is 43.6 Å². The van der Waals surface area contributed by atoms with E-state index in [4.69, 9.17) is 11.1 Å². The average molecular weight is 448 g/mol. The number of hydrogen-bond acceptors (Lipinski definition) is 5. The third-order valence-electron chi connectivity index (χ3n) is 6.66. The number of nitrogens with zero attached hydrogens (tertiary/aromatic N) is 2. The van der Waals surface area contributed by atoms with Gasteiger partial charge in [-0.1, -0.05) is 42.5 Å². The largest absolute Gasteiger partial charge is 0.396 e. The molecule has 1 unspecified atom stereocenters. The zero-order valence-electron chi connectivity index (χ0n) is 19.4. The molecule has 1 atom stereocenters. The van der Waals surface area contributed by atoms with E-state index in [0.29, 0.717) is 22.9 Å². The Morgan fingerprint density at radius 2 is 1.94 bits per heavy atom. The molecule has 2 aromatic heterocycles. The molecule has 170 valence electrons. The van der Waals surface area contributed by atoms with Crippen LogP contribution in [-0.2, 0) is 0 Å². The minimum Gasteiger partial charge on any atom is -0.396 e. The van der Waals surface area contributed by atoms with Crippen LogP contribution >= 0.6 is 0 Å². The van der Waals surface area contributed by atoms with Crippen molar-refractivity contribution in [2.24, 2.45) is 5.73 Å².